The van der Waals surface area contributed by atoms with Crippen LogP contribution in [-0.2, 0) is 12.8 Å². The Labute approximate surface area is 193 Å². The van der Waals surface area contributed by atoms with Gasteiger partial charge >= 0.3 is 0 Å². The van der Waals surface area contributed by atoms with Crippen molar-refractivity contribution in [1.82, 2.24) is 20.6 Å². The van der Waals surface area contributed by atoms with E-state index in [-0.39, 0.29) is 24.0 Å². The summed E-state index contributed by atoms with van der Waals surface area (Å²) in [6, 6.07) is 14.2. The Morgan fingerprint density at radius 3 is 2.83 bits per heavy atom. The number of rotatable bonds is 8. The third-order valence-electron chi connectivity index (χ3n) is 4.77. The fourth-order valence-electron chi connectivity index (χ4n) is 3.32. The lowest BCUT2D eigenvalue weighted by Gasteiger charge is -2.11. The van der Waals surface area contributed by atoms with Gasteiger partial charge in [-0.1, -0.05) is 18.2 Å². The summed E-state index contributed by atoms with van der Waals surface area (Å²) in [7, 11) is 0. The van der Waals surface area contributed by atoms with Gasteiger partial charge in [-0.25, -0.2) is 4.98 Å². The van der Waals surface area contributed by atoms with Crippen molar-refractivity contribution in [1.29, 1.82) is 0 Å². The van der Waals surface area contributed by atoms with Crippen molar-refractivity contribution in [3.05, 3.63) is 53.9 Å². The zero-order valence-electron chi connectivity index (χ0n) is 17.1. The maximum Gasteiger partial charge on any atom is 0.231 e. The predicted molar refractivity (Wildman–Crippen MR) is 130 cm³/mol. The summed E-state index contributed by atoms with van der Waals surface area (Å²) in [5, 5.41) is 6.70. The number of aromatic nitrogens is 2. The maximum absolute atomic E-state index is 5.44. The number of hydrogen-bond acceptors (Lipinski definition) is 4. The molecule has 0 unspecified atom stereocenters. The molecular weight excluding hydrogens is 493 g/mol. The number of guanidine groups is 1. The van der Waals surface area contributed by atoms with Crippen molar-refractivity contribution in [3.8, 4) is 11.5 Å². The van der Waals surface area contributed by atoms with E-state index >= 15 is 0 Å². The number of nitrogens with zero attached hydrogens (tertiary/aromatic N) is 2. The lowest BCUT2D eigenvalue weighted by molar-refractivity contribution is 0.174. The van der Waals surface area contributed by atoms with Gasteiger partial charge in [0.05, 0.1) is 11.0 Å². The molecule has 160 valence electrons. The molecule has 2 heterocycles. The Bertz CT molecular complexity index is 956. The molecule has 3 N–H and O–H groups in total. The molecule has 4 rings (SSSR count). The third kappa shape index (κ3) is 5.78. The van der Waals surface area contributed by atoms with Gasteiger partial charge in [-0.15, -0.1) is 24.0 Å². The first-order valence-corrected chi connectivity index (χ1v) is 10.2. The van der Waals surface area contributed by atoms with Crippen molar-refractivity contribution in [3.63, 3.8) is 0 Å². The number of halogens is 1. The fraction of sp³-hybridized carbons (Fsp3) is 0.364. The monoisotopic (exact) mass is 521 g/mol. The summed E-state index contributed by atoms with van der Waals surface area (Å²) in [5.74, 6) is 3.51. The number of imidazole rings is 1. The molecule has 0 aliphatic carbocycles. The van der Waals surface area contributed by atoms with Crippen LogP contribution in [-0.4, -0.2) is 42.4 Å². The fourth-order valence-corrected chi connectivity index (χ4v) is 3.32. The molecule has 7 nitrogen and oxygen atoms in total. The first-order chi connectivity index (χ1) is 14.3. The van der Waals surface area contributed by atoms with E-state index in [1.807, 2.05) is 30.3 Å². The van der Waals surface area contributed by atoms with Gasteiger partial charge in [0.1, 0.15) is 5.82 Å². The lowest BCUT2D eigenvalue weighted by Crippen LogP contribution is -2.38. The number of nitrogens with one attached hydrogen (secondary N) is 3. The Balaban J connectivity index is 0.00000256. The molecular formula is C22H28IN5O2. The molecule has 30 heavy (non-hydrogen) atoms. The minimum absolute atomic E-state index is 0. The molecule has 0 amide bonds. The number of fused-ring (bicyclic) bond motifs is 2. The van der Waals surface area contributed by atoms with Crippen LogP contribution in [0.15, 0.2) is 47.5 Å². The quantitative estimate of drug-likeness (QED) is 0.183. The average Bonchev–Trinajstić information content (AvgIpc) is 3.37. The van der Waals surface area contributed by atoms with Crippen molar-refractivity contribution in [2.24, 2.45) is 4.99 Å². The Hall–Kier alpha value is -2.49. The second-order valence-electron chi connectivity index (χ2n) is 6.93. The largest absolute Gasteiger partial charge is 0.454 e. The molecule has 8 heteroatoms. The van der Waals surface area contributed by atoms with Crippen LogP contribution in [0, 0.1) is 0 Å². The summed E-state index contributed by atoms with van der Waals surface area (Å²) in [6.45, 7) is 4.76. The number of H-pyrrole nitrogens is 1. The van der Waals surface area contributed by atoms with E-state index in [1.54, 1.807) is 0 Å². The van der Waals surface area contributed by atoms with Crippen LogP contribution >= 0.6 is 24.0 Å². The second-order valence-corrected chi connectivity index (χ2v) is 6.93. The van der Waals surface area contributed by atoms with Gasteiger partial charge in [0, 0.05) is 26.1 Å². The number of benzene rings is 2. The first kappa shape index (κ1) is 22.2. The van der Waals surface area contributed by atoms with E-state index in [4.69, 9.17) is 9.47 Å². The van der Waals surface area contributed by atoms with Crippen LogP contribution in [0.25, 0.3) is 11.0 Å². The first-order valence-electron chi connectivity index (χ1n) is 10.2. The highest BCUT2D eigenvalue weighted by Gasteiger charge is 2.13. The number of ether oxygens (including phenoxy) is 2. The standard InChI is InChI=1S/C22H27N5O2.HI/c1-2-23-22(25-13-11-16-9-10-19-20(14-16)29-15-28-19)24-12-5-8-21-26-17-6-3-4-7-18(17)27-21;/h3-4,6-7,9-10,14H,2,5,8,11-13,15H2,1H3,(H,26,27)(H2,23,24,25);1H. The number of aliphatic imine (C=N–C) groups is 1. The minimum Gasteiger partial charge on any atom is -0.454 e. The van der Waals surface area contributed by atoms with Gasteiger partial charge in [-0.05, 0) is 49.6 Å². The number of aryl methyl sites for hydroxylation is 1. The second kappa shape index (κ2) is 11.1. The van der Waals surface area contributed by atoms with Crippen molar-refractivity contribution < 1.29 is 9.47 Å². The molecule has 1 aromatic heterocycles. The van der Waals surface area contributed by atoms with Crippen LogP contribution in [0.4, 0.5) is 0 Å². The zero-order chi connectivity index (χ0) is 19.9. The smallest absolute Gasteiger partial charge is 0.231 e. The van der Waals surface area contributed by atoms with Crippen molar-refractivity contribution >= 4 is 41.0 Å². The van der Waals surface area contributed by atoms with E-state index < -0.39 is 0 Å². The van der Waals surface area contributed by atoms with E-state index in [1.165, 1.54) is 5.56 Å². The molecule has 0 fully saturated rings. The normalized spacial score (nSPS) is 12.6. The summed E-state index contributed by atoms with van der Waals surface area (Å²) in [5.41, 5.74) is 3.32. The molecule has 1 aliphatic heterocycles. The summed E-state index contributed by atoms with van der Waals surface area (Å²) < 4.78 is 10.8. The van der Waals surface area contributed by atoms with Crippen molar-refractivity contribution in [2.75, 3.05) is 26.4 Å². The van der Waals surface area contributed by atoms with E-state index in [0.29, 0.717) is 6.79 Å². The van der Waals surface area contributed by atoms with Gasteiger partial charge in [0.2, 0.25) is 6.79 Å². The van der Waals surface area contributed by atoms with Gasteiger partial charge in [-0.3, -0.25) is 4.99 Å². The molecule has 3 aromatic rings. The number of hydrogen-bond donors (Lipinski definition) is 3. The third-order valence-corrected chi connectivity index (χ3v) is 4.77. The Kier molecular flexibility index (Phi) is 8.18. The van der Waals surface area contributed by atoms with Crippen LogP contribution < -0.4 is 20.1 Å². The van der Waals surface area contributed by atoms with Gasteiger partial charge in [-0.2, -0.15) is 0 Å². The maximum atomic E-state index is 5.44. The Morgan fingerprint density at radius 2 is 1.97 bits per heavy atom. The summed E-state index contributed by atoms with van der Waals surface area (Å²) in [6.07, 6.45) is 2.72. The molecule has 0 atom stereocenters. The zero-order valence-corrected chi connectivity index (χ0v) is 19.4. The minimum atomic E-state index is 0. The van der Waals surface area contributed by atoms with Gasteiger partial charge in [0.25, 0.3) is 0 Å². The number of aromatic amines is 1. The van der Waals surface area contributed by atoms with Gasteiger partial charge in [0.15, 0.2) is 17.5 Å². The molecule has 0 bridgehead atoms. The topological polar surface area (TPSA) is 83.6 Å². The van der Waals surface area contributed by atoms with Crippen LogP contribution in [0.3, 0.4) is 0 Å². The van der Waals surface area contributed by atoms with E-state index in [9.17, 15) is 0 Å². The van der Waals surface area contributed by atoms with Crippen LogP contribution in [0.1, 0.15) is 24.7 Å². The van der Waals surface area contributed by atoms with E-state index in [2.05, 4.69) is 44.7 Å². The van der Waals surface area contributed by atoms with Crippen molar-refractivity contribution in [2.45, 2.75) is 26.2 Å². The van der Waals surface area contributed by atoms with Crippen LogP contribution in [0.5, 0.6) is 11.5 Å². The summed E-state index contributed by atoms with van der Waals surface area (Å²) >= 11 is 0. The lowest BCUT2D eigenvalue weighted by atomic mass is 10.1. The molecule has 0 spiro atoms. The molecule has 0 saturated carbocycles. The molecule has 0 saturated heterocycles. The highest BCUT2D eigenvalue weighted by Crippen LogP contribution is 2.32. The van der Waals surface area contributed by atoms with Crippen LogP contribution in [0.2, 0.25) is 0 Å². The van der Waals surface area contributed by atoms with Gasteiger partial charge < -0.3 is 25.1 Å². The number of para-hydroxylation sites is 2. The summed E-state index contributed by atoms with van der Waals surface area (Å²) in [4.78, 5) is 12.7. The average molecular weight is 521 g/mol. The highest BCUT2D eigenvalue weighted by atomic mass is 127. The Morgan fingerprint density at radius 1 is 1.10 bits per heavy atom. The molecule has 0 radical (unpaired) electrons. The SMILES string of the molecule is CCNC(=NCCCc1nc2ccccc2[nH]1)NCCc1ccc2c(c1)OCO2.I. The highest BCUT2D eigenvalue weighted by molar-refractivity contribution is 14.0. The molecule has 2 aromatic carbocycles. The predicted octanol–water partition coefficient (Wildman–Crippen LogP) is 3.64. The molecule has 1 aliphatic rings. The van der Waals surface area contributed by atoms with E-state index in [0.717, 1.165) is 73.2 Å².